The molecule has 1 aliphatic rings. The summed E-state index contributed by atoms with van der Waals surface area (Å²) in [6.45, 7) is 3.95. The predicted molar refractivity (Wildman–Crippen MR) is 105 cm³/mol. The number of nitrogens with zero attached hydrogens (tertiary/aromatic N) is 3. The van der Waals surface area contributed by atoms with Crippen LogP contribution in [0.5, 0.6) is 5.75 Å². The number of hydrogen-bond acceptors (Lipinski definition) is 7. The maximum atomic E-state index is 12.6. The third-order valence-electron chi connectivity index (χ3n) is 4.54. The SMILES string of the molecule is C=CC1c2cc(O)ccc2C/C(=N/P(=O)(OC)OC)N1Cc1ccc([N+](=O)[O-])o1. The standard InChI is InChI=1S/C18H20N3O7P/c1-4-16-15-10-13(22)6-5-12(15)9-17(19-29(25,26-2)27-3)20(16)11-14-7-8-18(28-14)21(23)24/h4-8,10,16,22H,1,9,11H2,2-3H3/b19-17-. The second kappa shape index (κ2) is 8.20. The van der Waals surface area contributed by atoms with Gasteiger partial charge in [0.15, 0.2) is 0 Å². The number of hydrogen-bond donors (Lipinski definition) is 1. The van der Waals surface area contributed by atoms with Crippen LogP contribution in [0.3, 0.4) is 0 Å². The van der Waals surface area contributed by atoms with Crippen LogP contribution in [0.25, 0.3) is 0 Å². The molecule has 0 saturated carbocycles. The molecule has 0 spiro atoms. The van der Waals surface area contributed by atoms with E-state index < -0.39 is 18.7 Å². The largest absolute Gasteiger partial charge is 0.508 e. The maximum absolute atomic E-state index is 12.6. The lowest BCUT2D eigenvalue weighted by Crippen LogP contribution is -2.39. The van der Waals surface area contributed by atoms with Gasteiger partial charge < -0.3 is 14.4 Å². The Labute approximate surface area is 166 Å². The molecule has 0 saturated heterocycles. The molecule has 1 aromatic carbocycles. The van der Waals surface area contributed by atoms with E-state index in [-0.39, 0.29) is 24.6 Å². The van der Waals surface area contributed by atoms with Crippen LogP contribution in [-0.2, 0) is 26.6 Å². The zero-order valence-electron chi connectivity index (χ0n) is 15.8. The molecule has 1 unspecified atom stereocenters. The smallest absolute Gasteiger partial charge is 0.454 e. The van der Waals surface area contributed by atoms with Crippen molar-refractivity contribution >= 4 is 19.5 Å². The molecule has 2 heterocycles. The lowest BCUT2D eigenvalue weighted by Gasteiger charge is -2.38. The number of aromatic hydroxyl groups is 1. The Morgan fingerprint density at radius 3 is 2.72 bits per heavy atom. The number of phenols is 1. The maximum Gasteiger partial charge on any atom is 0.454 e. The van der Waals surface area contributed by atoms with Gasteiger partial charge >= 0.3 is 13.6 Å². The van der Waals surface area contributed by atoms with Gasteiger partial charge in [-0.1, -0.05) is 12.1 Å². The van der Waals surface area contributed by atoms with Gasteiger partial charge in [0.2, 0.25) is 0 Å². The van der Waals surface area contributed by atoms with Crippen LogP contribution in [0.1, 0.15) is 22.9 Å². The average Bonchev–Trinajstić information content (AvgIpc) is 3.17. The summed E-state index contributed by atoms with van der Waals surface area (Å²) in [5, 5.41) is 20.8. The number of fused-ring (bicyclic) bond motifs is 1. The summed E-state index contributed by atoms with van der Waals surface area (Å²) in [6, 6.07) is 7.19. The molecule has 1 N–H and O–H groups in total. The molecule has 0 fully saturated rings. The highest BCUT2D eigenvalue weighted by Gasteiger charge is 2.33. The Kier molecular flexibility index (Phi) is 5.88. The summed E-state index contributed by atoms with van der Waals surface area (Å²) >= 11 is 0. The van der Waals surface area contributed by atoms with Crippen LogP contribution < -0.4 is 0 Å². The minimum Gasteiger partial charge on any atom is -0.508 e. The summed E-state index contributed by atoms with van der Waals surface area (Å²) in [6.07, 6.45) is 1.91. The van der Waals surface area contributed by atoms with E-state index in [1.54, 1.807) is 29.2 Å². The van der Waals surface area contributed by atoms with Gasteiger partial charge in [-0.05, 0) is 29.3 Å². The van der Waals surface area contributed by atoms with Crippen molar-refractivity contribution < 1.29 is 28.1 Å². The van der Waals surface area contributed by atoms with Crippen molar-refractivity contribution in [3.8, 4) is 5.75 Å². The first-order valence-electron chi connectivity index (χ1n) is 8.55. The average molecular weight is 421 g/mol. The molecule has 2 aromatic rings. The number of benzene rings is 1. The molecule has 10 nitrogen and oxygen atoms in total. The fourth-order valence-corrected chi connectivity index (χ4v) is 3.95. The zero-order valence-corrected chi connectivity index (χ0v) is 16.7. The molecule has 11 heteroatoms. The van der Waals surface area contributed by atoms with Gasteiger partial charge in [-0.2, -0.15) is 4.76 Å². The molecule has 29 heavy (non-hydrogen) atoms. The van der Waals surface area contributed by atoms with Gasteiger partial charge in [-0.15, -0.1) is 6.58 Å². The normalized spacial score (nSPS) is 17.9. The highest BCUT2D eigenvalue weighted by Crippen LogP contribution is 2.49. The minimum absolute atomic E-state index is 0.0871. The molecule has 1 aromatic heterocycles. The Bertz CT molecular complexity index is 1010. The predicted octanol–water partition coefficient (Wildman–Crippen LogP) is 3.98. The van der Waals surface area contributed by atoms with E-state index in [1.165, 1.54) is 26.4 Å². The molecule has 1 atom stereocenters. The fourth-order valence-electron chi connectivity index (χ4n) is 3.17. The molecule has 0 amide bonds. The van der Waals surface area contributed by atoms with Crippen molar-refractivity contribution in [2.24, 2.45) is 4.76 Å². The van der Waals surface area contributed by atoms with E-state index in [9.17, 15) is 19.8 Å². The monoisotopic (exact) mass is 421 g/mol. The highest BCUT2D eigenvalue weighted by molar-refractivity contribution is 7.52. The Morgan fingerprint density at radius 2 is 2.14 bits per heavy atom. The second-order valence-corrected chi connectivity index (χ2v) is 8.08. The lowest BCUT2D eigenvalue weighted by molar-refractivity contribution is -0.402. The third kappa shape index (κ3) is 4.24. The van der Waals surface area contributed by atoms with Crippen molar-refractivity contribution in [2.45, 2.75) is 19.0 Å². The fraction of sp³-hybridized carbons (Fsp3) is 0.278. The number of rotatable bonds is 7. The summed E-state index contributed by atoms with van der Waals surface area (Å²) < 4.78 is 32.0. The first-order chi connectivity index (χ1) is 13.8. The van der Waals surface area contributed by atoms with E-state index in [0.717, 1.165) is 11.1 Å². The van der Waals surface area contributed by atoms with Crippen molar-refractivity contribution in [1.82, 2.24) is 4.90 Å². The minimum atomic E-state index is -3.74. The molecular weight excluding hydrogens is 401 g/mol. The Morgan fingerprint density at radius 1 is 1.41 bits per heavy atom. The van der Waals surface area contributed by atoms with Gasteiger partial charge in [-0.3, -0.25) is 19.2 Å². The third-order valence-corrected chi connectivity index (χ3v) is 5.94. The lowest BCUT2D eigenvalue weighted by atomic mass is 9.91. The van der Waals surface area contributed by atoms with E-state index in [2.05, 4.69) is 11.3 Å². The molecule has 0 radical (unpaired) electrons. The first-order valence-corrected chi connectivity index (χ1v) is 10.0. The van der Waals surface area contributed by atoms with Crippen molar-refractivity contribution in [1.29, 1.82) is 0 Å². The molecular formula is C18H20N3O7P. The zero-order chi connectivity index (χ0) is 21.2. The summed E-state index contributed by atoms with van der Waals surface area (Å²) in [4.78, 5) is 12.0. The summed E-state index contributed by atoms with van der Waals surface area (Å²) in [7, 11) is -1.28. The van der Waals surface area contributed by atoms with E-state index in [4.69, 9.17) is 13.5 Å². The number of nitro groups is 1. The van der Waals surface area contributed by atoms with Crippen LogP contribution in [-0.4, -0.2) is 35.0 Å². The van der Waals surface area contributed by atoms with Crippen LogP contribution in [0.2, 0.25) is 0 Å². The van der Waals surface area contributed by atoms with Gasteiger partial charge in [0.25, 0.3) is 0 Å². The van der Waals surface area contributed by atoms with Crippen molar-refractivity contribution in [3.05, 3.63) is 70.0 Å². The topological polar surface area (TPSA) is 128 Å². The van der Waals surface area contributed by atoms with E-state index in [0.29, 0.717) is 11.6 Å². The van der Waals surface area contributed by atoms with Crippen LogP contribution in [0.15, 0.2) is 52.2 Å². The van der Waals surface area contributed by atoms with E-state index >= 15 is 0 Å². The van der Waals surface area contributed by atoms with Gasteiger partial charge in [0, 0.05) is 20.6 Å². The van der Waals surface area contributed by atoms with Gasteiger partial charge in [-0.25, -0.2) is 4.57 Å². The quantitative estimate of drug-likeness (QED) is 0.308. The number of furan rings is 1. The molecule has 1 aliphatic heterocycles. The Hall–Kier alpha value is -2.94. The van der Waals surface area contributed by atoms with E-state index in [1.807, 2.05) is 0 Å². The van der Waals surface area contributed by atoms with Gasteiger partial charge in [0.05, 0.1) is 18.7 Å². The van der Waals surface area contributed by atoms with Gasteiger partial charge in [0.1, 0.15) is 22.3 Å². The molecule has 154 valence electrons. The van der Waals surface area contributed by atoms with Crippen LogP contribution in [0, 0.1) is 10.1 Å². The molecule has 0 bridgehead atoms. The van der Waals surface area contributed by atoms with Crippen LogP contribution >= 0.6 is 7.75 Å². The molecule has 0 aliphatic carbocycles. The van der Waals surface area contributed by atoms with Crippen molar-refractivity contribution in [3.63, 3.8) is 0 Å². The van der Waals surface area contributed by atoms with Crippen molar-refractivity contribution in [2.75, 3.05) is 14.2 Å². The molecule has 3 rings (SSSR count). The summed E-state index contributed by atoms with van der Waals surface area (Å²) in [5.41, 5.74) is 1.64. The Balaban J connectivity index is 2.09. The number of phenolic OH excluding ortho intramolecular Hbond substituents is 1. The first kappa shape index (κ1) is 20.8. The second-order valence-electron chi connectivity index (χ2n) is 6.22. The highest BCUT2D eigenvalue weighted by atomic mass is 31.2. The number of amidine groups is 1. The summed E-state index contributed by atoms with van der Waals surface area (Å²) in [5.74, 6) is 0.385. The van der Waals surface area contributed by atoms with Crippen LogP contribution in [0.4, 0.5) is 5.88 Å².